The SMILES string of the molecule is C1=CC(c2ccccc2)(c2ccccc2)Oc2ccc3[nH]ccc3c21. The van der Waals surface area contributed by atoms with Crippen LogP contribution in [0.25, 0.3) is 17.0 Å². The first-order valence-electron chi connectivity index (χ1n) is 8.46. The summed E-state index contributed by atoms with van der Waals surface area (Å²) in [7, 11) is 0. The first-order chi connectivity index (χ1) is 12.4. The van der Waals surface area contributed by atoms with Crippen molar-refractivity contribution >= 4 is 17.0 Å². The van der Waals surface area contributed by atoms with Gasteiger partial charge in [0.1, 0.15) is 5.75 Å². The second kappa shape index (κ2) is 5.38. The average molecular weight is 323 g/mol. The summed E-state index contributed by atoms with van der Waals surface area (Å²) in [4.78, 5) is 3.26. The molecule has 0 aliphatic carbocycles. The first kappa shape index (κ1) is 14.1. The van der Waals surface area contributed by atoms with Crippen molar-refractivity contribution in [3.63, 3.8) is 0 Å². The maximum atomic E-state index is 6.67. The summed E-state index contributed by atoms with van der Waals surface area (Å²) in [6.07, 6.45) is 6.33. The molecule has 0 saturated carbocycles. The highest BCUT2D eigenvalue weighted by Gasteiger charge is 2.37. The van der Waals surface area contributed by atoms with Crippen molar-refractivity contribution in [3.05, 3.63) is 108 Å². The summed E-state index contributed by atoms with van der Waals surface area (Å²) in [6, 6.07) is 27.0. The third-order valence-electron chi connectivity index (χ3n) is 4.90. The summed E-state index contributed by atoms with van der Waals surface area (Å²) in [5.74, 6) is 0.905. The lowest BCUT2D eigenvalue weighted by molar-refractivity contribution is 0.161. The highest BCUT2D eigenvalue weighted by atomic mass is 16.5. The van der Waals surface area contributed by atoms with E-state index in [9.17, 15) is 0 Å². The van der Waals surface area contributed by atoms with Crippen LogP contribution in [-0.2, 0) is 5.60 Å². The Morgan fingerprint density at radius 3 is 2.08 bits per heavy atom. The van der Waals surface area contributed by atoms with Gasteiger partial charge in [0.2, 0.25) is 0 Å². The first-order valence-corrected chi connectivity index (χ1v) is 8.46. The van der Waals surface area contributed by atoms with Gasteiger partial charge in [-0.2, -0.15) is 0 Å². The molecule has 4 aromatic rings. The number of ether oxygens (including phenoxy) is 1. The molecule has 1 aliphatic heterocycles. The Kier molecular flexibility index (Phi) is 3.04. The van der Waals surface area contributed by atoms with Crippen molar-refractivity contribution in [1.82, 2.24) is 4.98 Å². The van der Waals surface area contributed by atoms with Crippen molar-refractivity contribution in [2.75, 3.05) is 0 Å². The van der Waals surface area contributed by atoms with Crippen LogP contribution in [0, 0.1) is 0 Å². The molecule has 3 aromatic carbocycles. The van der Waals surface area contributed by atoms with Gasteiger partial charge < -0.3 is 9.72 Å². The fraction of sp³-hybridized carbons (Fsp3) is 0.0435. The van der Waals surface area contributed by atoms with Gasteiger partial charge in [0.05, 0.1) is 0 Å². The predicted octanol–water partition coefficient (Wildman–Crippen LogP) is 5.52. The van der Waals surface area contributed by atoms with E-state index in [0.29, 0.717) is 0 Å². The van der Waals surface area contributed by atoms with Crippen LogP contribution in [0.3, 0.4) is 0 Å². The van der Waals surface area contributed by atoms with Crippen molar-refractivity contribution in [2.24, 2.45) is 0 Å². The Balaban J connectivity index is 1.75. The molecule has 0 amide bonds. The quantitative estimate of drug-likeness (QED) is 0.516. The molecule has 120 valence electrons. The Morgan fingerprint density at radius 2 is 1.40 bits per heavy atom. The zero-order valence-corrected chi connectivity index (χ0v) is 13.6. The van der Waals surface area contributed by atoms with E-state index in [4.69, 9.17) is 4.74 Å². The van der Waals surface area contributed by atoms with Gasteiger partial charge in [-0.15, -0.1) is 0 Å². The standard InChI is InChI=1S/C23H17NO/c1-3-7-17(8-4-1)23(18-9-5-2-6-10-18)15-13-20-19-14-16-24-21(19)11-12-22(20)25-23/h1-16,24H. The second-order valence-electron chi connectivity index (χ2n) is 6.32. The fourth-order valence-electron chi connectivity index (χ4n) is 3.65. The minimum atomic E-state index is -0.612. The lowest BCUT2D eigenvalue weighted by Gasteiger charge is -2.36. The van der Waals surface area contributed by atoms with Gasteiger partial charge >= 0.3 is 0 Å². The predicted molar refractivity (Wildman–Crippen MR) is 102 cm³/mol. The number of rotatable bonds is 2. The molecule has 0 spiro atoms. The Bertz CT molecular complexity index is 1020. The monoisotopic (exact) mass is 323 g/mol. The lowest BCUT2D eigenvalue weighted by Crippen LogP contribution is -2.34. The van der Waals surface area contributed by atoms with Crippen LogP contribution in [0.5, 0.6) is 5.75 Å². The number of hydrogen-bond acceptors (Lipinski definition) is 1. The Morgan fingerprint density at radius 1 is 0.720 bits per heavy atom. The molecule has 1 aromatic heterocycles. The van der Waals surface area contributed by atoms with E-state index in [0.717, 1.165) is 28.0 Å². The fourth-order valence-corrected chi connectivity index (χ4v) is 3.65. The van der Waals surface area contributed by atoms with Crippen LogP contribution >= 0.6 is 0 Å². The molecule has 0 unspecified atom stereocenters. The Labute approximate surface area is 146 Å². The van der Waals surface area contributed by atoms with E-state index in [1.807, 2.05) is 18.3 Å². The van der Waals surface area contributed by atoms with Gasteiger partial charge in [-0.3, -0.25) is 0 Å². The molecule has 1 aliphatic rings. The minimum absolute atomic E-state index is 0.612. The van der Waals surface area contributed by atoms with Crippen molar-refractivity contribution < 1.29 is 4.74 Å². The van der Waals surface area contributed by atoms with Gasteiger partial charge in [0.15, 0.2) is 5.60 Å². The van der Waals surface area contributed by atoms with Crippen LogP contribution in [0.2, 0.25) is 0 Å². The summed E-state index contributed by atoms with van der Waals surface area (Å²) in [5, 5.41) is 1.18. The molecular weight excluding hydrogens is 306 g/mol. The van der Waals surface area contributed by atoms with Crippen LogP contribution in [0.1, 0.15) is 16.7 Å². The maximum absolute atomic E-state index is 6.67. The minimum Gasteiger partial charge on any atom is -0.473 e. The molecule has 0 atom stereocenters. The van der Waals surface area contributed by atoms with Crippen molar-refractivity contribution in [3.8, 4) is 5.75 Å². The molecule has 0 bridgehead atoms. The summed E-state index contributed by atoms with van der Waals surface area (Å²) in [5.41, 5.74) is 3.88. The maximum Gasteiger partial charge on any atom is 0.178 e. The van der Waals surface area contributed by atoms with Crippen LogP contribution in [0.4, 0.5) is 0 Å². The van der Waals surface area contributed by atoms with Gasteiger partial charge in [-0.1, -0.05) is 60.7 Å². The molecule has 25 heavy (non-hydrogen) atoms. The van der Waals surface area contributed by atoms with Crippen LogP contribution in [-0.4, -0.2) is 4.98 Å². The highest BCUT2D eigenvalue weighted by molar-refractivity contribution is 5.92. The molecular formula is C23H17NO. The van der Waals surface area contributed by atoms with Gasteiger partial charge in [0, 0.05) is 33.8 Å². The molecule has 1 N–H and O–H groups in total. The van der Waals surface area contributed by atoms with Gasteiger partial charge in [-0.05, 0) is 30.4 Å². The molecule has 2 heterocycles. The largest absolute Gasteiger partial charge is 0.473 e. The summed E-state index contributed by atoms with van der Waals surface area (Å²) < 4.78 is 6.67. The van der Waals surface area contributed by atoms with E-state index in [2.05, 4.69) is 83.9 Å². The number of aromatic amines is 1. The van der Waals surface area contributed by atoms with E-state index in [1.165, 1.54) is 5.39 Å². The molecule has 5 rings (SSSR count). The number of hydrogen-bond donors (Lipinski definition) is 1. The van der Waals surface area contributed by atoms with Crippen LogP contribution in [0.15, 0.2) is 91.1 Å². The lowest BCUT2D eigenvalue weighted by atomic mass is 9.83. The molecule has 0 saturated heterocycles. The molecule has 2 heteroatoms. The van der Waals surface area contributed by atoms with Gasteiger partial charge in [-0.25, -0.2) is 0 Å². The van der Waals surface area contributed by atoms with E-state index < -0.39 is 5.60 Å². The smallest absolute Gasteiger partial charge is 0.178 e. The van der Waals surface area contributed by atoms with E-state index >= 15 is 0 Å². The second-order valence-corrected chi connectivity index (χ2v) is 6.32. The van der Waals surface area contributed by atoms with Crippen LogP contribution < -0.4 is 4.74 Å². The van der Waals surface area contributed by atoms with E-state index in [1.54, 1.807) is 0 Å². The number of H-pyrrole nitrogens is 1. The summed E-state index contributed by atoms with van der Waals surface area (Å²) in [6.45, 7) is 0. The normalized spacial score (nSPS) is 14.9. The number of fused-ring (bicyclic) bond motifs is 3. The number of aromatic nitrogens is 1. The molecule has 0 fully saturated rings. The van der Waals surface area contributed by atoms with Crippen molar-refractivity contribution in [1.29, 1.82) is 0 Å². The topological polar surface area (TPSA) is 25.0 Å². The number of benzene rings is 3. The van der Waals surface area contributed by atoms with Crippen molar-refractivity contribution in [2.45, 2.75) is 5.60 Å². The van der Waals surface area contributed by atoms with Gasteiger partial charge in [0.25, 0.3) is 0 Å². The zero-order chi connectivity index (χ0) is 16.7. The van der Waals surface area contributed by atoms with E-state index in [-0.39, 0.29) is 0 Å². The molecule has 0 radical (unpaired) electrons. The average Bonchev–Trinajstić information content (AvgIpc) is 3.18. The summed E-state index contributed by atoms with van der Waals surface area (Å²) >= 11 is 0. The number of nitrogens with one attached hydrogen (secondary N) is 1. The zero-order valence-electron chi connectivity index (χ0n) is 13.6. The third kappa shape index (κ3) is 2.11. The Hall–Kier alpha value is -3.26. The highest BCUT2D eigenvalue weighted by Crippen LogP contribution is 2.43. The third-order valence-corrected chi connectivity index (χ3v) is 4.90. The molecule has 2 nitrogen and oxygen atoms in total.